The summed E-state index contributed by atoms with van der Waals surface area (Å²) in [6, 6.07) is 0. The number of amides is 1. The Morgan fingerprint density at radius 3 is 1.52 bits per heavy atom. The van der Waals surface area contributed by atoms with Crippen LogP contribution in [0.5, 0.6) is 0 Å². The Hall–Kier alpha value is 0.496. The van der Waals surface area contributed by atoms with Crippen molar-refractivity contribution in [2.24, 2.45) is 5.41 Å². The average molecular weight is 440 g/mol. The van der Waals surface area contributed by atoms with E-state index in [9.17, 15) is 14.7 Å². The van der Waals surface area contributed by atoms with Crippen molar-refractivity contribution in [1.29, 1.82) is 0 Å². The molecule has 0 fully saturated rings. The van der Waals surface area contributed by atoms with Gasteiger partial charge >= 0.3 is 51.4 Å². The number of hydrogen-bond acceptors (Lipinski definition) is 5. The van der Waals surface area contributed by atoms with Gasteiger partial charge in [-0.1, -0.05) is 84.0 Å². The molecule has 166 valence electrons. The fraction of sp³-hybridized carbons (Fsp3) is 0.909. The first kappa shape index (κ1) is 31.7. The Labute approximate surface area is 220 Å². The van der Waals surface area contributed by atoms with E-state index in [2.05, 4.69) is 6.92 Å². The van der Waals surface area contributed by atoms with Gasteiger partial charge in [0.05, 0.1) is 24.6 Å². The fourth-order valence-electron chi connectivity index (χ4n) is 3.52. The molecule has 0 radical (unpaired) electrons. The number of unbranched alkanes of at least 4 members (excludes halogenated alkanes) is 11. The molecule has 0 rings (SSSR count). The van der Waals surface area contributed by atoms with Gasteiger partial charge in [-0.2, -0.15) is 0 Å². The summed E-state index contributed by atoms with van der Waals surface area (Å²) < 4.78 is 0. The van der Waals surface area contributed by atoms with Crippen LogP contribution in [0.1, 0.15) is 97.3 Å². The molecule has 1 unspecified atom stereocenters. The van der Waals surface area contributed by atoms with E-state index in [1.165, 1.54) is 63.2 Å². The minimum absolute atomic E-state index is 0. The maximum absolute atomic E-state index is 12.6. The van der Waals surface area contributed by atoms with E-state index in [1.807, 2.05) is 0 Å². The van der Waals surface area contributed by atoms with Crippen molar-refractivity contribution in [3.05, 3.63) is 0 Å². The van der Waals surface area contributed by atoms with Crippen LogP contribution in [-0.4, -0.2) is 53.3 Å². The molecule has 0 saturated heterocycles. The van der Waals surface area contributed by atoms with Crippen molar-refractivity contribution in [2.75, 3.05) is 26.3 Å². The smallest absolute Gasteiger partial charge is 0.549 e. The van der Waals surface area contributed by atoms with Gasteiger partial charge in [0.2, 0.25) is 5.91 Å². The van der Waals surface area contributed by atoms with Crippen LogP contribution in [0.2, 0.25) is 0 Å². The van der Waals surface area contributed by atoms with Crippen molar-refractivity contribution in [1.82, 2.24) is 4.90 Å². The van der Waals surface area contributed by atoms with Gasteiger partial charge in [0.1, 0.15) is 0 Å². The normalized spacial score (nSPS) is 12.8. The number of carboxylic acid groups (broad SMARTS) is 1. The van der Waals surface area contributed by atoms with E-state index in [0.29, 0.717) is 6.42 Å². The number of aliphatic hydroxyl groups is 2. The maximum atomic E-state index is 12.6. The van der Waals surface area contributed by atoms with Gasteiger partial charge in [0.25, 0.3) is 0 Å². The zero-order valence-corrected chi connectivity index (χ0v) is 22.2. The molecule has 0 spiro atoms. The number of nitrogens with zero attached hydrogens (tertiary/aromatic N) is 1. The third kappa shape index (κ3) is 14.2. The van der Waals surface area contributed by atoms with Crippen molar-refractivity contribution in [3.63, 3.8) is 0 Å². The summed E-state index contributed by atoms with van der Waals surface area (Å²) in [5.41, 5.74) is -1.61. The monoisotopic (exact) mass is 439 g/mol. The molecule has 7 heteroatoms. The summed E-state index contributed by atoms with van der Waals surface area (Å²) in [7, 11) is 0. The van der Waals surface area contributed by atoms with E-state index in [-0.39, 0.29) is 84.1 Å². The summed E-state index contributed by atoms with van der Waals surface area (Å²) in [5, 5.41) is 29.8. The first-order valence-corrected chi connectivity index (χ1v) is 11.2. The number of carbonyl (C=O) groups excluding carboxylic acids is 2. The van der Waals surface area contributed by atoms with Crippen LogP contribution in [0.4, 0.5) is 0 Å². The molecule has 0 aromatic rings. The van der Waals surface area contributed by atoms with Gasteiger partial charge in [0.15, 0.2) is 0 Å². The van der Waals surface area contributed by atoms with E-state index in [1.54, 1.807) is 0 Å². The van der Waals surface area contributed by atoms with E-state index < -0.39 is 17.3 Å². The quantitative estimate of drug-likeness (QED) is 0.163. The van der Waals surface area contributed by atoms with Gasteiger partial charge in [-0.25, -0.2) is 0 Å². The van der Waals surface area contributed by atoms with Crippen molar-refractivity contribution in [2.45, 2.75) is 97.3 Å². The molecule has 0 heterocycles. The minimum atomic E-state index is -1.61. The largest absolute Gasteiger partial charge is 1.00 e. The summed E-state index contributed by atoms with van der Waals surface area (Å²) in [5.74, 6) is -1.97. The molecular formula is C22H42KNO5. The minimum Gasteiger partial charge on any atom is -0.549 e. The molecule has 0 aromatic heterocycles. The van der Waals surface area contributed by atoms with Crippen LogP contribution in [0.3, 0.4) is 0 Å². The van der Waals surface area contributed by atoms with E-state index >= 15 is 0 Å². The van der Waals surface area contributed by atoms with Crippen LogP contribution >= 0.6 is 0 Å². The molecule has 0 aliphatic carbocycles. The number of carboxylic acids is 1. The average Bonchev–Trinajstić information content (AvgIpc) is 2.67. The second-order valence-electron chi connectivity index (χ2n) is 8.00. The Balaban J connectivity index is 0. The first-order valence-electron chi connectivity index (χ1n) is 11.2. The van der Waals surface area contributed by atoms with Crippen molar-refractivity contribution in [3.8, 4) is 0 Å². The Morgan fingerprint density at radius 1 is 0.793 bits per heavy atom. The second kappa shape index (κ2) is 20.4. The zero-order valence-electron chi connectivity index (χ0n) is 19.1. The van der Waals surface area contributed by atoms with Gasteiger partial charge in [-0.05, 0) is 13.3 Å². The van der Waals surface area contributed by atoms with Crippen LogP contribution in [0.25, 0.3) is 0 Å². The van der Waals surface area contributed by atoms with Gasteiger partial charge < -0.3 is 25.0 Å². The predicted octanol–water partition coefficient (Wildman–Crippen LogP) is -0.349. The molecule has 0 aromatic carbocycles. The Morgan fingerprint density at radius 2 is 1.17 bits per heavy atom. The summed E-state index contributed by atoms with van der Waals surface area (Å²) in [6.45, 7) is 3.11. The zero-order chi connectivity index (χ0) is 21.3. The molecule has 0 aliphatic heterocycles. The third-order valence-corrected chi connectivity index (χ3v) is 5.48. The van der Waals surface area contributed by atoms with Gasteiger partial charge in [-0.15, -0.1) is 0 Å². The molecule has 0 saturated carbocycles. The Kier molecular flexibility index (Phi) is 22.3. The van der Waals surface area contributed by atoms with E-state index in [4.69, 9.17) is 10.2 Å². The molecule has 2 N–H and O–H groups in total. The number of rotatable bonds is 19. The summed E-state index contributed by atoms with van der Waals surface area (Å²) in [6.07, 6.45) is 14.4. The fourth-order valence-corrected chi connectivity index (χ4v) is 3.52. The molecule has 29 heavy (non-hydrogen) atoms. The SMILES string of the molecule is CCCCCCCCCCCCCCC(C)(C(=O)[O-])C(=O)N(CCO)CCO.[K+]. The molecule has 0 aliphatic rings. The second-order valence-corrected chi connectivity index (χ2v) is 8.00. The van der Waals surface area contributed by atoms with Crippen LogP contribution in [0, 0.1) is 5.41 Å². The molecule has 1 atom stereocenters. The van der Waals surface area contributed by atoms with Crippen molar-refractivity contribution < 1.29 is 76.3 Å². The molecule has 1 amide bonds. The standard InChI is InChI=1S/C22H43NO5.K/c1-3-4-5-6-7-8-9-10-11-12-13-14-15-22(2,21(27)28)20(26)23(16-18-24)17-19-25;/h24-25H,3-19H2,1-2H3,(H,27,28);/q;+1/p-1. The first-order chi connectivity index (χ1) is 13.4. The van der Waals surface area contributed by atoms with Crippen molar-refractivity contribution >= 4 is 11.9 Å². The predicted molar refractivity (Wildman–Crippen MR) is 110 cm³/mol. The van der Waals surface area contributed by atoms with Crippen LogP contribution in [0.15, 0.2) is 0 Å². The number of aliphatic carboxylic acids is 1. The molecule has 0 bridgehead atoms. The third-order valence-electron chi connectivity index (χ3n) is 5.48. The van der Waals surface area contributed by atoms with Crippen LogP contribution < -0.4 is 56.5 Å². The summed E-state index contributed by atoms with van der Waals surface area (Å²) in [4.78, 5) is 25.4. The number of carbonyl (C=O) groups is 2. The Bertz CT molecular complexity index is 416. The van der Waals surface area contributed by atoms with Gasteiger partial charge in [-0.3, -0.25) is 4.79 Å². The van der Waals surface area contributed by atoms with Crippen LogP contribution in [-0.2, 0) is 9.59 Å². The maximum Gasteiger partial charge on any atom is 1.00 e. The summed E-state index contributed by atoms with van der Waals surface area (Å²) >= 11 is 0. The van der Waals surface area contributed by atoms with Gasteiger partial charge in [0, 0.05) is 13.1 Å². The number of aliphatic hydroxyl groups excluding tert-OH is 2. The molecular weight excluding hydrogens is 397 g/mol. The topological polar surface area (TPSA) is 101 Å². The molecule has 6 nitrogen and oxygen atoms in total. The van der Waals surface area contributed by atoms with E-state index in [0.717, 1.165) is 19.3 Å². The number of hydrogen-bond donors (Lipinski definition) is 2.